The molecule has 0 radical (unpaired) electrons. The fraction of sp³-hybridized carbons (Fsp3) is 0.455. The van der Waals surface area contributed by atoms with Gasteiger partial charge in [-0.15, -0.1) is 0 Å². The summed E-state index contributed by atoms with van der Waals surface area (Å²) in [5.41, 5.74) is 6.60. The van der Waals surface area contributed by atoms with Crippen molar-refractivity contribution in [2.24, 2.45) is 5.73 Å². The van der Waals surface area contributed by atoms with Crippen LogP contribution in [0.25, 0.3) is 0 Å². The number of morpholine rings is 1. The molecule has 1 aliphatic heterocycles. The fourth-order valence-corrected chi connectivity index (χ4v) is 2.26. The number of halogens is 1. The Morgan fingerprint density at radius 1 is 1.60 bits per heavy atom. The van der Waals surface area contributed by atoms with Crippen molar-refractivity contribution in [2.75, 3.05) is 13.1 Å². The molecule has 2 unspecified atom stereocenters. The predicted octanol–water partition coefficient (Wildman–Crippen LogP) is 1.57. The molecule has 82 valence electrons. The van der Waals surface area contributed by atoms with E-state index in [0.29, 0.717) is 6.54 Å². The molecule has 0 spiro atoms. The number of hydrogen-bond acceptors (Lipinski definition) is 3. The van der Waals surface area contributed by atoms with E-state index in [0.717, 1.165) is 16.6 Å². The van der Waals surface area contributed by atoms with E-state index in [1.54, 1.807) is 0 Å². The summed E-state index contributed by atoms with van der Waals surface area (Å²) in [6.45, 7) is 3.56. The lowest BCUT2D eigenvalue weighted by Crippen LogP contribution is -2.53. The van der Waals surface area contributed by atoms with E-state index >= 15 is 0 Å². The SMILES string of the molecule is CC1(c2cccc(Br)c2)CNCC(N)O1. The van der Waals surface area contributed by atoms with Crippen LogP contribution in [0.2, 0.25) is 0 Å². The molecule has 0 amide bonds. The van der Waals surface area contributed by atoms with Crippen LogP contribution >= 0.6 is 15.9 Å². The minimum atomic E-state index is -0.332. The van der Waals surface area contributed by atoms with Crippen molar-refractivity contribution in [3.63, 3.8) is 0 Å². The minimum Gasteiger partial charge on any atom is -0.350 e. The molecule has 0 aromatic heterocycles. The van der Waals surface area contributed by atoms with Gasteiger partial charge in [0.25, 0.3) is 0 Å². The molecule has 2 rings (SSSR count). The smallest absolute Gasteiger partial charge is 0.119 e. The number of benzene rings is 1. The van der Waals surface area contributed by atoms with Crippen LogP contribution in [0.3, 0.4) is 0 Å². The number of nitrogens with one attached hydrogen (secondary N) is 1. The molecule has 4 heteroatoms. The van der Waals surface area contributed by atoms with Gasteiger partial charge in [-0.25, -0.2) is 0 Å². The summed E-state index contributed by atoms with van der Waals surface area (Å²) in [7, 11) is 0. The molecule has 0 bridgehead atoms. The molecule has 1 aromatic carbocycles. The van der Waals surface area contributed by atoms with Crippen LogP contribution < -0.4 is 11.1 Å². The summed E-state index contributed by atoms with van der Waals surface area (Å²) in [5.74, 6) is 0. The maximum atomic E-state index is 5.81. The molecule has 15 heavy (non-hydrogen) atoms. The highest BCUT2D eigenvalue weighted by atomic mass is 79.9. The molecular weight excluding hydrogens is 256 g/mol. The predicted molar refractivity (Wildman–Crippen MR) is 63.4 cm³/mol. The van der Waals surface area contributed by atoms with E-state index in [2.05, 4.69) is 40.3 Å². The lowest BCUT2D eigenvalue weighted by atomic mass is 9.94. The van der Waals surface area contributed by atoms with Gasteiger partial charge in [-0.2, -0.15) is 0 Å². The van der Waals surface area contributed by atoms with E-state index in [9.17, 15) is 0 Å². The summed E-state index contributed by atoms with van der Waals surface area (Å²) in [6, 6.07) is 8.14. The van der Waals surface area contributed by atoms with Gasteiger partial charge in [0.1, 0.15) is 11.8 Å². The Morgan fingerprint density at radius 3 is 3.07 bits per heavy atom. The highest BCUT2D eigenvalue weighted by Crippen LogP contribution is 2.29. The molecule has 3 N–H and O–H groups in total. The van der Waals surface area contributed by atoms with Gasteiger partial charge in [-0.05, 0) is 24.6 Å². The first-order chi connectivity index (χ1) is 7.10. The highest BCUT2D eigenvalue weighted by Gasteiger charge is 2.33. The molecule has 1 saturated heterocycles. The van der Waals surface area contributed by atoms with Gasteiger partial charge < -0.3 is 15.8 Å². The second-order valence-corrected chi connectivity index (χ2v) is 4.94. The Bertz CT molecular complexity index is 358. The first-order valence-electron chi connectivity index (χ1n) is 5.00. The lowest BCUT2D eigenvalue weighted by Gasteiger charge is -2.38. The highest BCUT2D eigenvalue weighted by molar-refractivity contribution is 9.10. The van der Waals surface area contributed by atoms with Crippen LogP contribution in [0.1, 0.15) is 12.5 Å². The maximum Gasteiger partial charge on any atom is 0.119 e. The third-order valence-electron chi connectivity index (χ3n) is 2.65. The number of ether oxygens (including phenoxy) is 1. The van der Waals surface area contributed by atoms with E-state index in [-0.39, 0.29) is 11.8 Å². The normalized spacial score (nSPS) is 31.5. The van der Waals surface area contributed by atoms with Crippen LogP contribution in [0, 0.1) is 0 Å². The summed E-state index contributed by atoms with van der Waals surface area (Å²) < 4.78 is 6.87. The van der Waals surface area contributed by atoms with E-state index in [1.807, 2.05) is 12.1 Å². The third-order valence-corrected chi connectivity index (χ3v) is 3.15. The zero-order valence-corrected chi connectivity index (χ0v) is 10.3. The summed E-state index contributed by atoms with van der Waals surface area (Å²) in [5, 5.41) is 3.28. The second-order valence-electron chi connectivity index (χ2n) is 4.03. The van der Waals surface area contributed by atoms with Crippen LogP contribution in [-0.4, -0.2) is 19.3 Å². The van der Waals surface area contributed by atoms with Gasteiger partial charge in [0.15, 0.2) is 0 Å². The number of nitrogens with two attached hydrogens (primary N) is 1. The van der Waals surface area contributed by atoms with Crippen LogP contribution in [0.4, 0.5) is 0 Å². The van der Waals surface area contributed by atoms with Crippen LogP contribution in [0.15, 0.2) is 28.7 Å². The topological polar surface area (TPSA) is 47.3 Å². The minimum absolute atomic E-state index is 0.234. The van der Waals surface area contributed by atoms with Crippen molar-refractivity contribution in [1.29, 1.82) is 0 Å². The van der Waals surface area contributed by atoms with Crippen LogP contribution in [-0.2, 0) is 10.3 Å². The Labute approximate surface area is 98.1 Å². The fourth-order valence-electron chi connectivity index (χ4n) is 1.86. The van der Waals surface area contributed by atoms with Crippen molar-refractivity contribution in [1.82, 2.24) is 5.32 Å². The van der Waals surface area contributed by atoms with Gasteiger partial charge in [-0.1, -0.05) is 28.1 Å². The average Bonchev–Trinajstić information content (AvgIpc) is 2.17. The largest absolute Gasteiger partial charge is 0.350 e. The lowest BCUT2D eigenvalue weighted by molar-refractivity contribution is -0.107. The number of rotatable bonds is 1. The summed E-state index contributed by atoms with van der Waals surface area (Å²) >= 11 is 3.46. The number of hydrogen-bond donors (Lipinski definition) is 2. The van der Waals surface area contributed by atoms with Gasteiger partial charge in [0, 0.05) is 17.6 Å². The summed E-state index contributed by atoms with van der Waals surface area (Å²) in [6.07, 6.45) is -0.234. The molecule has 1 aliphatic rings. The molecule has 3 nitrogen and oxygen atoms in total. The van der Waals surface area contributed by atoms with E-state index in [1.165, 1.54) is 0 Å². The standard InChI is InChI=1S/C11H15BrN2O/c1-11(7-14-6-10(13)15-11)8-3-2-4-9(12)5-8/h2-5,10,14H,6-7,13H2,1H3. The molecular formula is C11H15BrN2O. The van der Waals surface area contributed by atoms with Gasteiger partial charge in [0.2, 0.25) is 0 Å². The van der Waals surface area contributed by atoms with Crippen molar-refractivity contribution >= 4 is 15.9 Å². The zero-order chi connectivity index (χ0) is 10.9. The molecule has 0 aliphatic carbocycles. The molecule has 1 heterocycles. The second kappa shape index (κ2) is 4.22. The molecule has 1 fully saturated rings. The quantitative estimate of drug-likeness (QED) is 0.815. The maximum absolute atomic E-state index is 5.81. The zero-order valence-electron chi connectivity index (χ0n) is 8.66. The van der Waals surface area contributed by atoms with Crippen molar-refractivity contribution in [2.45, 2.75) is 18.8 Å². The van der Waals surface area contributed by atoms with Gasteiger partial charge in [-0.3, -0.25) is 0 Å². The van der Waals surface area contributed by atoms with Crippen LogP contribution in [0.5, 0.6) is 0 Å². The Hall–Kier alpha value is -0.420. The van der Waals surface area contributed by atoms with Gasteiger partial charge >= 0.3 is 0 Å². The molecule has 2 atom stereocenters. The van der Waals surface area contributed by atoms with E-state index < -0.39 is 0 Å². The van der Waals surface area contributed by atoms with E-state index in [4.69, 9.17) is 10.5 Å². The van der Waals surface area contributed by atoms with Crippen molar-refractivity contribution in [3.05, 3.63) is 34.3 Å². The first-order valence-corrected chi connectivity index (χ1v) is 5.80. The first kappa shape index (κ1) is 11.1. The summed E-state index contributed by atoms with van der Waals surface area (Å²) in [4.78, 5) is 0. The molecule has 1 aromatic rings. The Morgan fingerprint density at radius 2 is 2.40 bits per heavy atom. The molecule has 0 saturated carbocycles. The Kier molecular flexibility index (Phi) is 3.11. The monoisotopic (exact) mass is 270 g/mol. The average molecular weight is 271 g/mol. The Balaban J connectivity index is 2.28. The van der Waals surface area contributed by atoms with Crippen molar-refractivity contribution in [3.8, 4) is 0 Å². The third kappa shape index (κ3) is 2.39. The van der Waals surface area contributed by atoms with Gasteiger partial charge in [0.05, 0.1) is 0 Å². The van der Waals surface area contributed by atoms with Crippen molar-refractivity contribution < 1.29 is 4.74 Å².